The molecule has 0 aromatic heterocycles. The monoisotopic (exact) mass is 336 g/mol. The van der Waals surface area contributed by atoms with Gasteiger partial charge < -0.3 is 23.7 Å². The molecule has 2 rings (SSSR count). The van der Waals surface area contributed by atoms with E-state index in [9.17, 15) is 4.79 Å². The van der Waals surface area contributed by atoms with Gasteiger partial charge in [-0.3, -0.25) is 0 Å². The molecule has 1 unspecified atom stereocenters. The first-order chi connectivity index (χ1) is 11.6. The number of rotatable bonds is 7. The lowest BCUT2D eigenvalue weighted by molar-refractivity contribution is -0.139. The molecule has 1 aliphatic rings. The number of hydrogen-bond acceptors (Lipinski definition) is 6. The lowest BCUT2D eigenvalue weighted by Gasteiger charge is -2.15. The normalized spacial score (nSPS) is 17.5. The van der Waals surface area contributed by atoms with Gasteiger partial charge in [-0.05, 0) is 43.5 Å². The number of hydrogen-bond donors (Lipinski definition) is 0. The molecule has 1 fully saturated rings. The summed E-state index contributed by atoms with van der Waals surface area (Å²) in [5.74, 6) is 1.20. The van der Waals surface area contributed by atoms with E-state index in [-0.39, 0.29) is 12.1 Å². The van der Waals surface area contributed by atoms with Crippen LogP contribution in [0.5, 0.6) is 17.2 Å². The van der Waals surface area contributed by atoms with Gasteiger partial charge in [0, 0.05) is 6.61 Å². The highest BCUT2D eigenvalue weighted by Crippen LogP contribution is 2.39. The van der Waals surface area contributed by atoms with E-state index in [0.29, 0.717) is 36.0 Å². The Hall–Kier alpha value is -2.21. The van der Waals surface area contributed by atoms with Crippen LogP contribution in [-0.2, 0) is 14.3 Å². The maximum atomic E-state index is 12.3. The predicted molar refractivity (Wildman–Crippen MR) is 89.7 cm³/mol. The summed E-state index contributed by atoms with van der Waals surface area (Å²) in [6.07, 6.45) is 3.24. The minimum atomic E-state index is -0.363. The minimum absolute atomic E-state index is 0.247. The van der Waals surface area contributed by atoms with Gasteiger partial charge in [0.05, 0.1) is 39.6 Å². The third-order valence-corrected chi connectivity index (χ3v) is 3.80. The average molecular weight is 336 g/mol. The van der Waals surface area contributed by atoms with Crippen molar-refractivity contribution >= 4 is 12.0 Å². The van der Waals surface area contributed by atoms with Crippen LogP contribution < -0.4 is 14.2 Å². The molecule has 1 aromatic rings. The largest absolute Gasteiger partial charge is 0.493 e. The zero-order valence-corrected chi connectivity index (χ0v) is 14.6. The summed E-state index contributed by atoms with van der Waals surface area (Å²) in [5.41, 5.74) is 1.26. The first-order valence-corrected chi connectivity index (χ1v) is 7.94. The molecule has 24 heavy (non-hydrogen) atoms. The van der Waals surface area contributed by atoms with E-state index in [1.807, 2.05) is 0 Å². The molecule has 6 nitrogen and oxygen atoms in total. The lowest BCUT2D eigenvalue weighted by Crippen LogP contribution is -2.19. The van der Waals surface area contributed by atoms with Gasteiger partial charge in [0.15, 0.2) is 11.5 Å². The van der Waals surface area contributed by atoms with Gasteiger partial charge in [0.2, 0.25) is 5.75 Å². The molecule has 1 aliphatic heterocycles. The minimum Gasteiger partial charge on any atom is -0.493 e. The number of carbonyl (C=O) groups is 1. The highest BCUT2D eigenvalue weighted by atomic mass is 16.5. The first-order valence-electron chi connectivity index (χ1n) is 7.94. The molecule has 1 heterocycles. The van der Waals surface area contributed by atoms with Crippen LogP contribution in [0, 0.1) is 0 Å². The molecule has 1 atom stereocenters. The molecule has 132 valence electrons. The van der Waals surface area contributed by atoms with Crippen molar-refractivity contribution in [3.8, 4) is 17.2 Å². The predicted octanol–water partition coefficient (Wildman–Crippen LogP) is 2.84. The molecule has 1 aromatic carbocycles. The molecular weight excluding hydrogens is 312 g/mol. The van der Waals surface area contributed by atoms with Crippen LogP contribution >= 0.6 is 0 Å². The maximum absolute atomic E-state index is 12.3. The SMILES string of the molecule is CCOC(=O)C(=Cc1cc(OC)c(OC)c(OC)c1)C1CCCO1. The van der Waals surface area contributed by atoms with Gasteiger partial charge in [-0.2, -0.15) is 0 Å². The Balaban J connectivity index is 2.45. The highest BCUT2D eigenvalue weighted by molar-refractivity contribution is 5.95. The fourth-order valence-corrected chi connectivity index (χ4v) is 2.68. The topological polar surface area (TPSA) is 63.2 Å². The van der Waals surface area contributed by atoms with Crippen molar-refractivity contribution in [1.82, 2.24) is 0 Å². The number of benzene rings is 1. The van der Waals surface area contributed by atoms with Gasteiger partial charge in [-0.15, -0.1) is 0 Å². The summed E-state index contributed by atoms with van der Waals surface area (Å²) < 4.78 is 26.9. The van der Waals surface area contributed by atoms with Crippen molar-refractivity contribution in [3.05, 3.63) is 23.3 Å². The Kier molecular flexibility index (Phi) is 6.49. The third-order valence-electron chi connectivity index (χ3n) is 3.80. The molecule has 0 spiro atoms. The smallest absolute Gasteiger partial charge is 0.336 e. The van der Waals surface area contributed by atoms with Crippen LogP contribution in [0.3, 0.4) is 0 Å². The number of methoxy groups -OCH3 is 3. The van der Waals surface area contributed by atoms with Gasteiger partial charge in [0.1, 0.15) is 0 Å². The fraction of sp³-hybridized carbons (Fsp3) is 0.500. The summed E-state index contributed by atoms with van der Waals surface area (Å²) in [6, 6.07) is 3.57. The van der Waals surface area contributed by atoms with Gasteiger partial charge in [0.25, 0.3) is 0 Å². The second-order valence-corrected chi connectivity index (χ2v) is 5.28. The second-order valence-electron chi connectivity index (χ2n) is 5.28. The summed E-state index contributed by atoms with van der Waals surface area (Å²) in [4.78, 5) is 12.3. The van der Waals surface area contributed by atoms with Crippen molar-refractivity contribution in [2.24, 2.45) is 0 Å². The van der Waals surface area contributed by atoms with E-state index in [4.69, 9.17) is 23.7 Å². The highest BCUT2D eigenvalue weighted by Gasteiger charge is 2.26. The van der Waals surface area contributed by atoms with Crippen LogP contribution in [0.15, 0.2) is 17.7 Å². The first kappa shape index (κ1) is 18.1. The molecule has 6 heteroatoms. The quantitative estimate of drug-likeness (QED) is 0.563. The van der Waals surface area contributed by atoms with Crippen molar-refractivity contribution in [2.75, 3.05) is 34.5 Å². The Bertz CT molecular complexity index is 577. The number of ether oxygens (including phenoxy) is 5. The Morgan fingerprint density at radius 3 is 2.33 bits per heavy atom. The summed E-state index contributed by atoms with van der Waals surface area (Å²) in [5, 5.41) is 0. The van der Waals surface area contributed by atoms with Crippen LogP contribution in [0.1, 0.15) is 25.3 Å². The molecular formula is C18H24O6. The van der Waals surface area contributed by atoms with Gasteiger partial charge in [-0.1, -0.05) is 0 Å². The molecule has 0 bridgehead atoms. The van der Waals surface area contributed by atoms with Gasteiger partial charge >= 0.3 is 5.97 Å². The second kappa shape index (κ2) is 8.59. The van der Waals surface area contributed by atoms with E-state index in [0.717, 1.165) is 18.4 Å². The Morgan fingerprint density at radius 1 is 1.21 bits per heavy atom. The molecule has 0 amide bonds. The van der Waals surface area contributed by atoms with Crippen molar-refractivity contribution in [2.45, 2.75) is 25.9 Å². The zero-order valence-electron chi connectivity index (χ0n) is 14.6. The summed E-state index contributed by atoms with van der Waals surface area (Å²) in [6.45, 7) is 2.75. The summed E-state index contributed by atoms with van der Waals surface area (Å²) in [7, 11) is 4.65. The van der Waals surface area contributed by atoms with Crippen LogP contribution in [-0.4, -0.2) is 46.6 Å². The molecule has 0 radical (unpaired) electrons. The van der Waals surface area contributed by atoms with Crippen molar-refractivity contribution in [3.63, 3.8) is 0 Å². The third kappa shape index (κ3) is 4.00. The maximum Gasteiger partial charge on any atom is 0.336 e. The molecule has 0 N–H and O–H groups in total. The van der Waals surface area contributed by atoms with E-state index in [1.165, 1.54) is 0 Å². The van der Waals surface area contributed by atoms with E-state index in [2.05, 4.69) is 0 Å². The molecule has 0 saturated carbocycles. The number of carbonyl (C=O) groups excluding carboxylic acids is 1. The Labute approximate surface area is 142 Å². The van der Waals surface area contributed by atoms with Crippen molar-refractivity contribution in [1.29, 1.82) is 0 Å². The molecule has 0 aliphatic carbocycles. The zero-order chi connectivity index (χ0) is 17.5. The van der Waals surface area contributed by atoms with Crippen LogP contribution in [0.25, 0.3) is 6.08 Å². The lowest BCUT2D eigenvalue weighted by atomic mass is 10.0. The standard InChI is InChI=1S/C18H24O6/c1-5-23-18(19)13(14-7-6-8-24-14)9-12-10-15(20-2)17(22-4)16(11-12)21-3/h9-11,14H,5-8H2,1-4H3. The van der Waals surface area contributed by atoms with E-state index in [1.54, 1.807) is 46.5 Å². The fourth-order valence-electron chi connectivity index (χ4n) is 2.68. The van der Waals surface area contributed by atoms with E-state index < -0.39 is 0 Å². The van der Waals surface area contributed by atoms with Crippen LogP contribution in [0.2, 0.25) is 0 Å². The number of esters is 1. The molecule has 1 saturated heterocycles. The average Bonchev–Trinajstić information content (AvgIpc) is 3.12. The van der Waals surface area contributed by atoms with E-state index >= 15 is 0 Å². The Morgan fingerprint density at radius 2 is 1.88 bits per heavy atom. The van der Waals surface area contributed by atoms with Gasteiger partial charge in [-0.25, -0.2) is 4.79 Å². The summed E-state index contributed by atoms with van der Waals surface area (Å²) >= 11 is 0. The van der Waals surface area contributed by atoms with Crippen molar-refractivity contribution < 1.29 is 28.5 Å². The van der Waals surface area contributed by atoms with Crippen LogP contribution in [0.4, 0.5) is 0 Å².